The van der Waals surface area contributed by atoms with E-state index in [1.807, 2.05) is 36.4 Å². The number of rotatable bonds is 2. The molecule has 34 heavy (non-hydrogen) atoms. The Bertz CT molecular complexity index is 1780. The average molecular weight is 456 g/mol. The molecule has 8 heteroatoms. The summed E-state index contributed by atoms with van der Waals surface area (Å²) in [6, 6.07) is 19.3. The molecule has 0 saturated carbocycles. The van der Waals surface area contributed by atoms with E-state index in [2.05, 4.69) is 15.0 Å². The zero-order valence-corrected chi connectivity index (χ0v) is 17.5. The van der Waals surface area contributed by atoms with E-state index in [4.69, 9.17) is 0 Å². The molecule has 3 heterocycles. The van der Waals surface area contributed by atoms with Crippen molar-refractivity contribution in [3.63, 3.8) is 0 Å². The minimum Gasteiger partial charge on any atom is -0.345 e. The molecule has 0 unspecified atom stereocenters. The third-order valence-corrected chi connectivity index (χ3v) is 5.90. The van der Waals surface area contributed by atoms with E-state index in [-0.39, 0.29) is 5.69 Å². The number of imidazole rings is 1. The third kappa shape index (κ3) is 3.23. The topological polar surface area (TPSA) is 63.6 Å². The lowest BCUT2D eigenvalue weighted by Crippen LogP contribution is -2.18. The van der Waals surface area contributed by atoms with Crippen LogP contribution in [-0.2, 0) is 6.18 Å². The molecular formula is C26H15F3N4O. The van der Waals surface area contributed by atoms with Crippen molar-refractivity contribution in [2.24, 2.45) is 0 Å². The first kappa shape index (κ1) is 20.2. The van der Waals surface area contributed by atoms with Crippen LogP contribution in [0.5, 0.6) is 0 Å². The highest BCUT2D eigenvalue weighted by Gasteiger charge is 2.30. The van der Waals surface area contributed by atoms with Gasteiger partial charge in [-0.25, -0.2) is 4.98 Å². The molecule has 0 radical (unpaired) electrons. The Morgan fingerprint density at radius 1 is 0.824 bits per heavy atom. The summed E-state index contributed by atoms with van der Waals surface area (Å²) >= 11 is 0. The first-order valence-electron chi connectivity index (χ1n) is 10.4. The van der Waals surface area contributed by atoms with Crippen LogP contribution in [0.3, 0.4) is 0 Å². The van der Waals surface area contributed by atoms with Crippen molar-refractivity contribution in [2.75, 3.05) is 0 Å². The molecule has 0 spiro atoms. The normalized spacial score (nSPS) is 12.1. The Hall–Kier alpha value is -4.46. The molecule has 0 fully saturated rings. The van der Waals surface area contributed by atoms with E-state index in [9.17, 15) is 18.0 Å². The first-order chi connectivity index (χ1) is 16.4. The van der Waals surface area contributed by atoms with Crippen molar-refractivity contribution < 1.29 is 13.2 Å². The molecule has 5 nitrogen and oxygen atoms in total. The van der Waals surface area contributed by atoms with E-state index >= 15 is 0 Å². The molecule has 0 amide bonds. The molecule has 166 valence electrons. The second kappa shape index (κ2) is 7.28. The highest BCUT2D eigenvalue weighted by molar-refractivity contribution is 6.05. The lowest BCUT2D eigenvalue weighted by Gasteiger charge is -2.15. The van der Waals surface area contributed by atoms with Crippen LogP contribution < -0.4 is 5.56 Å². The molecule has 6 aromatic rings. The van der Waals surface area contributed by atoms with Crippen molar-refractivity contribution in [1.29, 1.82) is 0 Å². The van der Waals surface area contributed by atoms with Crippen LogP contribution in [0, 0.1) is 0 Å². The molecule has 3 aromatic heterocycles. The van der Waals surface area contributed by atoms with Gasteiger partial charge in [0.25, 0.3) is 5.56 Å². The van der Waals surface area contributed by atoms with Crippen LogP contribution in [0.25, 0.3) is 49.7 Å². The molecule has 0 atom stereocenters. The maximum Gasteiger partial charge on any atom is 0.416 e. The van der Waals surface area contributed by atoms with Gasteiger partial charge in [-0.2, -0.15) is 13.2 Å². The lowest BCUT2D eigenvalue weighted by molar-refractivity contribution is -0.137. The molecule has 0 bridgehead atoms. The number of fused-ring (bicyclic) bond motifs is 4. The van der Waals surface area contributed by atoms with E-state index in [1.165, 1.54) is 22.8 Å². The van der Waals surface area contributed by atoms with Gasteiger partial charge in [0.05, 0.1) is 34.0 Å². The van der Waals surface area contributed by atoms with Crippen LogP contribution in [0.4, 0.5) is 13.2 Å². The van der Waals surface area contributed by atoms with Gasteiger partial charge in [0.2, 0.25) is 0 Å². The number of aromatic nitrogens is 4. The zero-order valence-electron chi connectivity index (χ0n) is 17.5. The van der Waals surface area contributed by atoms with Gasteiger partial charge in [-0.1, -0.05) is 18.2 Å². The minimum atomic E-state index is -4.52. The van der Waals surface area contributed by atoms with Gasteiger partial charge in [-0.05, 0) is 59.7 Å². The molecule has 3 aromatic carbocycles. The number of nitrogens with zero attached hydrogens (tertiary/aromatic N) is 3. The smallest absolute Gasteiger partial charge is 0.345 e. The predicted molar refractivity (Wildman–Crippen MR) is 125 cm³/mol. The van der Waals surface area contributed by atoms with Gasteiger partial charge in [0.15, 0.2) is 0 Å². The van der Waals surface area contributed by atoms with Gasteiger partial charge in [-0.3, -0.25) is 14.3 Å². The Morgan fingerprint density at radius 3 is 2.44 bits per heavy atom. The molecule has 1 N–H and O–H groups in total. The molecule has 0 aliphatic rings. The van der Waals surface area contributed by atoms with Crippen molar-refractivity contribution in [3.05, 3.63) is 101 Å². The summed E-state index contributed by atoms with van der Waals surface area (Å²) in [5.41, 5.74) is 3.56. The first-order valence-corrected chi connectivity index (χ1v) is 10.4. The number of hydrogen-bond acceptors (Lipinski definition) is 3. The number of hydrogen-bond donors (Lipinski definition) is 1. The summed E-state index contributed by atoms with van der Waals surface area (Å²) < 4.78 is 41.4. The molecular weight excluding hydrogens is 441 g/mol. The fourth-order valence-electron chi connectivity index (χ4n) is 4.28. The number of H-pyrrole nitrogens is 1. The molecule has 0 aliphatic heterocycles. The summed E-state index contributed by atoms with van der Waals surface area (Å²) in [6.45, 7) is 0. The SMILES string of the molecule is O=c1ccc2cnc3ccc(-c4ccc5nc[nH]c5c4)cc3c2n1-c1cccc(C(F)(F)F)c1. The number of alkyl halides is 3. The van der Waals surface area contributed by atoms with Crippen molar-refractivity contribution in [3.8, 4) is 16.8 Å². The van der Waals surface area contributed by atoms with Crippen LogP contribution in [0.15, 0.2) is 90.1 Å². The average Bonchev–Trinajstić information content (AvgIpc) is 3.31. The van der Waals surface area contributed by atoms with Gasteiger partial charge in [-0.15, -0.1) is 0 Å². The quantitative estimate of drug-likeness (QED) is 0.320. The summed E-state index contributed by atoms with van der Waals surface area (Å²) in [5, 5.41) is 1.31. The second-order valence-electron chi connectivity index (χ2n) is 7.98. The highest BCUT2D eigenvalue weighted by Crippen LogP contribution is 2.33. The Balaban J connectivity index is 1.65. The number of pyridine rings is 2. The van der Waals surface area contributed by atoms with E-state index in [0.717, 1.165) is 34.3 Å². The van der Waals surface area contributed by atoms with Gasteiger partial charge >= 0.3 is 6.18 Å². The summed E-state index contributed by atoms with van der Waals surface area (Å²) in [6.07, 6.45) is -1.27. The lowest BCUT2D eigenvalue weighted by atomic mass is 10.0. The van der Waals surface area contributed by atoms with Crippen LogP contribution in [0.2, 0.25) is 0 Å². The third-order valence-electron chi connectivity index (χ3n) is 5.90. The van der Waals surface area contributed by atoms with Gasteiger partial charge in [0, 0.05) is 28.7 Å². The van der Waals surface area contributed by atoms with E-state index in [1.54, 1.807) is 18.6 Å². The van der Waals surface area contributed by atoms with Gasteiger partial charge < -0.3 is 4.98 Å². The molecule has 6 rings (SSSR count). The Kier molecular flexibility index (Phi) is 4.32. The van der Waals surface area contributed by atoms with Crippen molar-refractivity contribution in [2.45, 2.75) is 6.18 Å². The molecule has 0 saturated heterocycles. The molecule has 0 aliphatic carbocycles. The highest BCUT2D eigenvalue weighted by atomic mass is 19.4. The van der Waals surface area contributed by atoms with Crippen LogP contribution in [-0.4, -0.2) is 19.5 Å². The summed E-state index contributed by atoms with van der Waals surface area (Å²) in [4.78, 5) is 24.8. The second-order valence-corrected chi connectivity index (χ2v) is 7.98. The minimum absolute atomic E-state index is 0.141. The van der Waals surface area contributed by atoms with E-state index in [0.29, 0.717) is 21.8 Å². The Labute approximate surface area is 190 Å². The largest absolute Gasteiger partial charge is 0.416 e. The maximum atomic E-state index is 13.4. The zero-order chi connectivity index (χ0) is 23.4. The monoisotopic (exact) mass is 456 g/mol. The Morgan fingerprint density at radius 2 is 1.62 bits per heavy atom. The van der Waals surface area contributed by atoms with Crippen LogP contribution in [0.1, 0.15) is 5.56 Å². The number of nitrogens with one attached hydrogen (secondary N) is 1. The fourth-order valence-corrected chi connectivity index (χ4v) is 4.28. The fraction of sp³-hybridized carbons (Fsp3) is 0.0385. The van der Waals surface area contributed by atoms with Crippen molar-refractivity contribution >= 4 is 32.8 Å². The predicted octanol–water partition coefficient (Wildman–Crippen LogP) is 6.10. The summed E-state index contributed by atoms with van der Waals surface area (Å²) in [5.74, 6) is 0. The number of benzene rings is 3. The van der Waals surface area contributed by atoms with Crippen molar-refractivity contribution in [1.82, 2.24) is 19.5 Å². The van der Waals surface area contributed by atoms with Crippen LogP contribution >= 0.6 is 0 Å². The maximum absolute atomic E-state index is 13.4. The van der Waals surface area contributed by atoms with E-state index < -0.39 is 17.3 Å². The standard InChI is InChI=1S/C26H15F3N4O/c27-26(28,29)18-2-1-3-19(12-18)33-24(34)9-6-17-13-30-21-7-4-15(10-20(21)25(17)33)16-5-8-22-23(11-16)32-14-31-22/h1-14H,(H,31,32). The number of halogens is 3. The van der Waals surface area contributed by atoms with Gasteiger partial charge in [0.1, 0.15) is 0 Å². The number of aromatic amines is 1. The summed E-state index contributed by atoms with van der Waals surface area (Å²) in [7, 11) is 0.